The summed E-state index contributed by atoms with van der Waals surface area (Å²) in [5.74, 6) is 2.19. The zero-order chi connectivity index (χ0) is 13.4. The number of nitrogens with zero attached hydrogens (tertiary/aromatic N) is 3. The van der Waals surface area contributed by atoms with Crippen molar-refractivity contribution < 1.29 is 0 Å². The average molecular weight is 268 g/mol. The minimum Gasteiger partial charge on any atom is -0.351 e. The van der Waals surface area contributed by atoms with Crippen LogP contribution in [0.25, 0.3) is 0 Å². The third-order valence-electron chi connectivity index (χ3n) is 4.12. The molecule has 0 bridgehead atoms. The zero-order valence-electron chi connectivity index (χ0n) is 11.9. The predicted molar refractivity (Wildman–Crippen MR) is 76.3 cm³/mol. The molecule has 2 heterocycles. The Labute approximate surface area is 115 Å². The van der Waals surface area contributed by atoms with Crippen molar-refractivity contribution in [2.75, 3.05) is 11.4 Å². The first-order valence-electron chi connectivity index (χ1n) is 6.67. The molecule has 4 heteroatoms. The van der Waals surface area contributed by atoms with E-state index in [2.05, 4.69) is 35.6 Å². The molecule has 0 N–H and O–H groups in total. The van der Waals surface area contributed by atoms with Gasteiger partial charge in [0.1, 0.15) is 0 Å². The van der Waals surface area contributed by atoms with Gasteiger partial charge in [-0.05, 0) is 39.0 Å². The highest BCUT2D eigenvalue weighted by molar-refractivity contribution is 6.31. The van der Waals surface area contributed by atoms with Gasteiger partial charge >= 0.3 is 0 Å². The molecule has 0 aliphatic carbocycles. The van der Waals surface area contributed by atoms with E-state index in [1.807, 2.05) is 13.8 Å². The number of halogens is 1. The van der Waals surface area contributed by atoms with Gasteiger partial charge in [0.05, 0.1) is 11.4 Å². The fourth-order valence-electron chi connectivity index (χ4n) is 2.74. The van der Waals surface area contributed by atoms with Crippen molar-refractivity contribution in [2.24, 2.45) is 11.8 Å². The Morgan fingerprint density at radius 1 is 1.11 bits per heavy atom. The molecule has 1 aliphatic heterocycles. The molecule has 1 saturated heterocycles. The first-order chi connectivity index (χ1) is 8.40. The normalized spacial score (nSPS) is 28.6. The van der Waals surface area contributed by atoms with Crippen LogP contribution in [0, 0.1) is 25.7 Å². The second-order valence-corrected chi connectivity index (χ2v) is 6.08. The smallest absolute Gasteiger partial charge is 0.171 e. The van der Waals surface area contributed by atoms with Crippen molar-refractivity contribution in [3.05, 3.63) is 16.5 Å². The number of hydrogen-bond donors (Lipinski definition) is 0. The van der Waals surface area contributed by atoms with Gasteiger partial charge in [0.15, 0.2) is 11.0 Å². The molecule has 1 aliphatic rings. The van der Waals surface area contributed by atoms with E-state index in [0.717, 1.165) is 23.8 Å². The highest BCUT2D eigenvalue weighted by Gasteiger charge is 2.31. The molecule has 0 spiro atoms. The molecule has 0 radical (unpaired) electrons. The van der Waals surface area contributed by atoms with E-state index in [4.69, 9.17) is 11.6 Å². The third-order valence-corrected chi connectivity index (χ3v) is 4.37. The number of anilines is 1. The van der Waals surface area contributed by atoms with Gasteiger partial charge in [0.25, 0.3) is 0 Å². The van der Waals surface area contributed by atoms with E-state index in [0.29, 0.717) is 23.0 Å². The summed E-state index contributed by atoms with van der Waals surface area (Å²) in [6, 6.07) is 0.468. The Balaban J connectivity index is 2.38. The van der Waals surface area contributed by atoms with E-state index in [-0.39, 0.29) is 0 Å². The van der Waals surface area contributed by atoms with Crippen LogP contribution >= 0.6 is 11.6 Å². The summed E-state index contributed by atoms with van der Waals surface area (Å²) in [4.78, 5) is 11.4. The summed E-state index contributed by atoms with van der Waals surface area (Å²) in [5, 5.41) is 0.534. The van der Waals surface area contributed by atoms with E-state index < -0.39 is 0 Å². The van der Waals surface area contributed by atoms with Crippen LogP contribution in [0.2, 0.25) is 5.15 Å². The molecular formula is C14H22ClN3. The van der Waals surface area contributed by atoms with Crippen LogP contribution in [0.5, 0.6) is 0 Å². The molecule has 1 aromatic heterocycles. The lowest BCUT2D eigenvalue weighted by atomic mass is 9.86. The van der Waals surface area contributed by atoms with Gasteiger partial charge in [-0.25, -0.2) is 9.97 Å². The molecule has 3 unspecified atom stereocenters. The van der Waals surface area contributed by atoms with E-state index in [9.17, 15) is 0 Å². The zero-order valence-corrected chi connectivity index (χ0v) is 12.6. The number of aryl methyl sites for hydroxylation is 2. The monoisotopic (exact) mass is 267 g/mol. The molecular weight excluding hydrogens is 246 g/mol. The van der Waals surface area contributed by atoms with Crippen molar-refractivity contribution in [3.8, 4) is 0 Å². The molecule has 3 nitrogen and oxygen atoms in total. The quantitative estimate of drug-likeness (QED) is 0.778. The summed E-state index contributed by atoms with van der Waals surface area (Å²) in [5.41, 5.74) is 1.88. The Morgan fingerprint density at radius 3 is 2.39 bits per heavy atom. The Bertz CT molecular complexity index is 447. The van der Waals surface area contributed by atoms with Crippen LogP contribution in [0.4, 0.5) is 5.82 Å². The van der Waals surface area contributed by atoms with Gasteiger partial charge in [0.2, 0.25) is 0 Å². The van der Waals surface area contributed by atoms with Crippen molar-refractivity contribution >= 4 is 17.4 Å². The van der Waals surface area contributed by atoms with Gasteiger partial charge in [-0.1, -0.05) is 25.4 Å². The van der Waals surface area contributed by atoms with Gasteiger partial charge < -0.3 is 4.90 Å². The number of aromatic nitrogens is 2. The van der Waals surface area contributed by atoms with Crippen LogP contribution in [0.3, 0.4) is 0 Å². The summed E-state index contributed by atoms with van der Waals surface area (Å²) in [6.45, 7) is 11.8. The minimum atomic E-state index is 0.468. The molecule has 0 aromatic carbocycles. The standard InChI is InChI=1S/C14H22ClN3/c1-8-6-9(2)12(5)18(7-8)14-13(15)16-10(3)11(4)17-14/h8-9,12H,6-7H2,1-5H3. The van der Waals surface area contributed by atoms with E-state index >= 15 is 0 Å². The number of hydrogen-bond acceptors (Lipinski definition) is 3. The first-order valence-corrected chi connectivity index (χ1v) is 7.05. The van der Waals surface area contributed by atoms with E-state index in [1.165, 1.54) is 6.42 Å². The van der Waals surface area contributed by atoms with Gasteiger partial charge in [-0.15, -0.1) is 0 Å². The second-order valence-electron chi connectivity index (χ2n) is 5.72. The first kappa shape index (κ1) is 13.6. The molecule has 0 saturated carbocycles. The maximum atomic E-state index is 6.28. The van der Waals surface area contributed by atoms with Crippen LogP contribution < -0.4 is 4.90 Å². The lowest BCUT2D eigenvalue weighted by Crippen LogP contribution is -2.46. The van der Waals surface area contributed by atoms with Gasteiger partial charge in [-0.3, -0.25) is 0 Å². The highest BCUT2D eigenvalue weighted by atomic mass is 35.5. The number of piperidine rings is 1. The van der Waals surface area contributed by atoms with Crippen molar-refractivity contribution in [1.82, 2.24) is 9.97 Å². The van der Waals surface area contributed by atoms with Crippen LogP contribution in [0.1, 0.15) is 38.6 Å². The van der Waals surface area contributed by atoms with Crippen molar-refractivity contribution in [3.63, 3.8) is 0 Å². The summed E-state index contributed by atoms with van der Waals surface area (Å²) in [7, 11) is 0. The Hall–Kier alpha value is -0.830. The molecule has 1 aromatic rings. The van der Waals surface area contributed by atoms with Crippen LogP contribution in [-0.2, 0) is 0 Å². The Morgan fingerprint density at radius 2 is 1.72 bits per heavy atom. The second kappa shape index (κ2) is 5.04. The fourth-order valence-corrected chi connectivity index (χ4v) is 3.02. The Kier molecular flexibility index (Phi) is 3.81. The third kappa shape index (κ3) is 2.46. The van der Waals surface area contributed by atoms with Crippen LogP contribution in [0.15, 0.2) is 0 Å². The van der Waals surface area contributed by atoms with Gasteiger partial charge in [0, 0.05) is 12.6 Å². The minimum absolute atomic E-state index is 0.468. The SMILES string of the molecule is Cc1nc(Cl)c(N2CC(C)CC(C)C2C)nc1C. The lowest BCUT2D eigenvalue weighted by Gasteiger charge is -2.42. The molecule has 18 heavy (non-hydrogen) atoms. The molecule has 1 fully saturated rings. The predicted octanol–water partition coefficient (Wildman–Crippen LogP) is 3.62. The topological polar surface area (TPSA) is 29.0 Å². The lowest BCUT2D eigenvalue weighted by molar-refractivity contribution is 0.295. The molecule has 0 amide bonds. The molecule has 2 rings (SSSR count). The number of rotatable bonds is 1. The summed E-state index contributed by atoms with van der Waals surface area (Å²) < 4.78 is 0. The van der Waals surface area contributed by atoms with Crippen molar-refractivity contribution in [2.45, 2.75) is 47.1 Å². The highest BCUT2D eigenvalue weighted by Crippen LogP contribution is 2.33. The maximum Gasteiger partial charge on any atom is 0.171 e. The van der Waals surface area contributed by atoms with Crippen LogP contribution in [-0.4, -0.2) is 22.6 Å². The van der Waals surface area contributed by atoms with Gasteiger partial charge in [-0.2, -0.15) is 0 Å². The largest absolute Gasteiger partial charge is 0.351 e. The van der Waals surface area contributed by atoms with Crippen molar-refractivity contribution in [1.29, 1.82) is 0 Å². The van der Waals surface area contributed by atoms with E-state index in [1.54, 1.807) is 0 Å². The summed E-state index contributed by atoms with van der Waals surface area (Å²) in [6.07, 6.45) is 1.27. The molecule has 100 valence electrons. The molecule has 3 atom stereocenters. The fraction of sp³-hybridized carbons (Fsp3) is 0.714. The maximum absolute atomic E-state index is 6.28. The average Bonchev–Trinajstić information content (AvgIpc) is 2.29. The summed E-state index contributed by atoms with van der Waals surface area (Å²) >= 11 is 6.28.